The normalized spacial score (nSPS) is 12.6. The van der Waals surface area contributed by atoms with Crippen LogP contribution >= 0.6 is 11.6 Å². The van der Waals surface area contributed by atoms with Crippen LogP contribution in [-0.4, -0.2) is 18.2 Å². The summed E-state index contributed by atoms with van der Waals surface area (Å²) in [5.74, 6) is 1.25. The van der Waals surface area contributed by atoms with Gasteiger partial charge in [0.15, 0.2) is 11.5 Å². The largest absolute Gasteiger partial charge is 0.486 e. The number of nitriles is 1. The fourth-order valence-corrected chi connectivity index (χ4v) is 2.86. The molecule has 1 N–H and O–H groups in total. The van der Waals surface area contributed by atoms with Gasteiger partial charge in [-0.15, -0.1) is 0 Å². The van der Waals surface area contributed by atoms with Crippen molar-refractivity contribution in [3.63, 3.8) is 0 Å². The first kappa shape index (κ1) is 15.4. The molecule has 1 aliphatic heterocycles. The molecule has 1 aromatic heterocycles. The molecule has 1 aromatic carbocycles. The zero-order valence-corrected chi connectivity index (χ0v) is 13.7. The molecule has 0 radical (unpaired) electrons. The van der Waals surface area contributed by atoms with Gasteiger partial charge in [-0.3, -0.25) is 4.98 Å². The third kappa shape index (κ3) is 3.17. The molecule has 2 heterocycles. The van der Waals surface area contributed by atoms with Crippen LogP contribution in [-0.2, 0) is 6.54 Å². The van der Waals surface area contributed by atoms with Crippen LogP contribution in [0.1, 0.15) is 22.5 Å². The van der Waals surface area contributed by atoms with E-state index in [1.54, 1.807) is 0 Å². The van der Waals surface area contributed by atoms with Crippen molar-refractivity contribution in [2.24, 2.45) is 0 Å². The summed E-state index contributed by atoms with van der Waals surface area (Å²) in [7, 11) is 0. The van der Waals surface area contributed by atoms with Gasteiger partial charge in [-0.05, 0) is 37.6 Å². The van der Waals surface area contributed by atoms with Gasteiger partial charge >= 0.3 is 0 Å². The lowest BCUT2D eigenvalue weighted by molar-refractivity contribution is 0.171. The molecule has 0 spiro atoms. The molecule has 0 amide bonds. The molecule has 0 fully saturated rings. The van der Waals surface area contributed by atoms with E-state index in [4.69, 9.17) is 21.1 Å². The van der Waals surface area contributed by atoms with Crippen LogP contribution in [0.5, 0.6) is 11.5 Å². The molecule has 2 aromatic rings. The molecule has 0 bridgehead atoms. The van der Waals surface area contributed by atoms with Gasteiger partial charge in [-0.2, -0.15) is 5.26 Å². The van der Waals surface area contributed by atoms with Crippen molar-refractivity contribution in [2.75, 3.05) is 18.5 Å². The second kappa shape index (κ2) is 6.35. The lowest BCUT2D eigenvalue weighted by Crippen LogP contribution is -2.16. The third-order valence-electron chi connectivity index (χ3n) is 3.58. The van der Waals surface area contributed by atoms with Crippen LogP contribution in [0, 0.1) is 25.2 Å². The van der Waals surface area contributed by atoms with E-state index < -0.39 is 0 Å². The molecule has 0 unspecified atom stereocenters. The highest BCUT2D eigenvalue weighted by atomic mass is 35.5. The van der Waals surface area contributed by atoms with Crippen molar-refractivity contribution < 1.29 is 9.47 Å². The van der Waals surface area contributed by atoms with E-state index >= 15 is 0 Å². The number of rotatable bonds is 3. The van der Waals surface area contributed by atoms with Crippen LogP contribution in [0.15, 0.2) is 18.2 Å². The molecule has 3 rings (SSSR count). The summed E-state index contributed by atoms with van der Waals surface area (Å²) in [6.45, 7) is 5.28. The summed E-state index contributed by atoms with van der Waals surface area (Å²) in [5, 5.41) is 13.1. The average molecular weight is 330 g/mol. The molecule has 118 valence electrons. The van der Waals surface area contributed by atoms with Crippen molar-refractivity contribution in [1.29, 1.82) is 5.26 Å². The zero-order valence-electron chi connectivity index (χ0n) is 12.9. The highest BCUT2D eigenvalue weighted by molar-refractivity contribution is 6.32. The van der Waals surface area contributed by atoms with Gasteiger partial charge in [-0.25, -0.2) is 0 Å². The first-order chi connectivity index (χ1) is 11.1. The molecule has 0 saturated heterocycles. The highest BCUT2D eigenvalue weighted by Crippen LogP contribution is 2.38. The SMILES string of the molecule is Cc1cc(NCc2cc(Cl)c3c(c2)OCCO3)c(C#N)c(C)n1. The third-order valence-corrected chi connectivity index (χ3v) is 3.86. The van der Waals surface area contributed by atoms with E-state index in [2.05, 4.69) is 16.4 Å². The number of nitrogens with zero attached hydrogens (tertiary/aromatic N) is 2. The summed E-state index contributed by atoms with van der Waals surface area (Å²) < 4.78 is 11.1. The Morgan fingerprint density at radius 1 is 1.26 bits per heavy atom. The summed E-state index contributed by atoms with van der Waals surface area (Å²) >= 11 is 6.24. The Kier molecular flexibility index (Phi) is 4.26. The number of aryl methyl sites for hydroxylation is 2. The summed E-state index contributed by atoms with van der Waals surface area (Å²) in [4.78, 5) is 4.31. The Hall–Kier alpha value is -2.45. The van der Waals surface area contributed by atoms with Gasteiger partial charge in [0.2, 0.25) is 0 Å². The molecule has 1 aliphatic rings. The van der Waals surface area contributed by atoms with Gasteiger partial charge in [-0.1, -0.05) is 11.6 Å². The number of fused-ring (bicyclic) bond motifs is 1. The number of hydrogen-bond donors (Lipinski definition) is 1. The minimum Gasteiger partial charge on any atom is -0.486 e. The predicted molar refractivity (Wildman–Crippen MR) is 88.2 cm³/mol. The number of hydrogen-bond acceptors (Lipinski definition) is 5. The molecular weight excluding hydrogens is 314 g/mol. The molecule has 0 aliphatic carbocycles. The average Bonchev–Trinajstić information content (AvgIpc) is 2.52. The fraction of sp³-hybridized carbons (Fsp3) is 0.294. The van der Waals surface area contributed by atoms with Gasteiger partial charge in [0, 0.05) is 12.2 Å². The van der Waals surface area contributed by atoms with Gasteiger partial charge < -0.3 is 14.8 Å². The lowest BCUT2D eigenvalue weighted by Gasteiger charge is -2.20. The van der Waals surface area contributed by atoms with Crippen molar-refractivity contribution >= 4 is 17.3 Å². The number of pyridine rings is 1. The number of nitrogens with one attached hydrogen (secondary N) is 1. The lowest BCUT2D eigenvalue weighted by atomic mass is 10.1. The maximum Gasteiger partial charge on any atom is 0.179 e. The molecule has 0 saturated carbocycles. The van der Waals surface area contributed by atoms with E-state index in [-0.39, 0.29) is 0 Å². The minimum atomic E-state index is 0.505. The molecule has 0 atom stereocenters. The summed E-state index contributed by atoms with van der Waals surface area (Å²) in [5.41, 5.74) is 3.86. The smallest absolute Gasteiger partial charge is 0.179 e. The molecular formula is C17H16ClN3O2. The van der Waals surface area contributed by atoms with Crippen LogP contribution < -0.4 is 14.8 Å². The van der Waals surface area contributed by atoms with Crippen LogP contribution in [0.25, 0.3) is 0 Å². The molecule has 23 heavy (non-hydrogen) atoms. The summed E-state index contributed by atoms with van der Waals surface area (Å²) in [6.07, 6.45) is 0. The standard InChI is InChI=1S/C17H16ClN3O2/c1-10-5-15(13(8-19)11(2)21-10)20-9-12-6-14(18)17-16(7-12)22-3-4-23-17/h5-7H,3-4,9H2,1-2H3,(H,20,21). The second-order valence-corrected chi connectivity index (χ2v) is 5.75. The van der Waals surface area contributed by atoms with Crippen molar-refractivity contribution in [3.05, 3.63) is 45.7 Å². The topological polar surface area (TPSA) is 67.2 Å². The maximum absolute atomic E-state index is 9.30. The number of benzene rings is 1. The Balaban J connectivity index is 1.85. The highest BCUT2D eigenvalue weighted by Gasteiger charge is 2.17. The first-order valence-corrected chi connectivity index (χ1v) is 7.66. The number of aromatic nitrogens is 1. The van der Waals surface area contributed by atoms with E-state index in [1.807, 2.05) is 32.0 Å². The van der Waals surface area contributed by atoms with Crippen LogP contribution in [0.2, 0.25) is 5.02 Å². The zero-order chi connectivity index (χ0) is 16.4. The number of anilines is 1. The van der Waals surface area contributed by atoms with Crippen molar-refractivity contribution in [1.82, 2.24) is 4.98 Å². The van der Waals surface area contributed by atoms with Crippen molar-refractivity contribution in [2.45, 2.75) is 20.4 Å². The fourth-order valence-electron chi connectivity index (χ4n) is 2.57. The number of ether oxygens (including phenoxy) is 2. The van der Waals surface area contributed by atoms with E-state index in [0.717, 1.165) is 22.6 Å². The molecule has 5 nitrogen and oxygen atoms in total. The van der Waals surface area contributed by atoms with Gasteiger partial charge in [0.1, 0.15) is 19.3 Å². The van der Waals surface area contributed by atoms with Gasteiger partial charge in [0.05, 0.1) is 22.0 Å². The van der Waals surface area contributed by atoms with Crippen LogP contribution in [0.3, 0.4) is 0 Å². The predicted octanol–water partition coefficient (Wildman–Crippen LogP) is 3.61. The Morgan fingerprint density at radius 3 is 2.83 bits per heavy atom. The monoisotopic (exact) mass is 329 g/mol. The van der Waals surface area contributed by atoms with Gasteiger partial charge in [0.25, 0.3) is 0 Å². The Bertz CT molecular complexity index is 799. The maximum atomic E-state index is 9.30. The molecule has 6 heteroatoms. The van der Waals surface area contributed by atoms with E-state index in [9.17, 15) is 5.26 Å². The quantitative estimate of drug-likeness (QED) is 0.931. The first-order valence-electron chi connectivity index (χ1n) is 7.28. The van der Waals surface area contributed by atoms with Crippen molar-refractivity contribution in [3.8, 4) is 17.6 Å². The minimum absolute atomic E-state index is 0.505. The second-order valence-electron chi connectivity index (χ2n) is 5.34. The Labute approximate surface area is 139 Å². The Morgan fingerprint density at radius 2 is 2.04 bits per heavy atom. The summed E-state index contributed by atoms with van der Waals surface area (Å²) in [6, 6.07) is 7.80. The van der Waals surface area contributed by atoms with Crippen LogP contribution in [0.4, 0.5) is 5.69 Å². The van der Waals surface area contributed by atoms with E-state index in [0.29, 0.717) is 41.8 Å². The number of halogens is 1. The van der Waals surface area contributed by atoms with E-state index in [1.165, 1.54) is 0 Å².